The van der Waals surface area contributed by atoms with Crippen LogP contribution in [0.3, 0.4) is 0 Å². The first-order valence-electron chi connectivity index (χ1n) is 10.3. The van der Waals surface area contributed by atoms with Crippen LogP contribution in [0.25, 0.3) is 22.1 Å². The van der Waals surface area contributed by atoms with Crippen molar-refractivity contribution < 1.29 is 15.3 Å². The molecule has 31 heavy (non-hydrogen) atoms. The summed E-state index contributed by atoms with van der Waals surface area (Å²) >= 11 is 0. The van der Waals surface area contributed by atoms with Crippen LogP contribution in [0.1, 0.15) is 20.3 Å². The first kappa shape index (κ1) is 19.8. The molecule has 0 saturated heterocycles. The Hall–Kier alpha value is -3.14. The zero-order valence-electron chi connectivity index (χ0n) is 17.2. The smallest absolute Gasteiger partial charge is 0.222 e. The molecule has 9 heteroatoms. The second-order valence-corrected chi connectivity index (χ2v) is 8.28. The van der Waals surface area contributed by atoms with E-state index in [1.54, 1.807) is 26.0 Å². The summed E-state index contributed by atoms with van der Waals surface area (Å²) in [6.07, 6.45) is 0.385. The highest BCUT2D eigenvalue weighted by atomic mass is 16.3. The van der Waals surface area contributed by atoms with Gasteiger partial charge in [-0.15, -0.1) is 0 Å². The SMILES string of the molecule is CC(O)C1(C(C)O)C=CC(O)C(n2nc3ccccc3n2)(n2nc3ccccc3n2)C1. The van der Waals surface area contributed by atoms with E-state index in [9.17, 15) is 15.3 Å². The Morgan fingerprint density at radius 2 is 1.19 bits per heavy atom. The second-order valence-electron chi connectivity index (χ2n) is 8.28. The lowest BCUT2D eigenvalue weighted by atomic mass is 9.67. The predicted octanol–water partition coefficient (Wildman–Crippen LogP) is 1.45. The molecule has 3 atom stereocenters. The molecule has 0 spiro atoms. The number of aliphatic hydroxyl groups is 3. The minimum Gasteiger partial charge on any atom is -0.392 e. The first-order valence-corrected chi connectivity index (χ1v) is 10.3. The minimum absolute atomic E-state index is 0.0784. The molecule has 3 N–H and O–H groups in total. The Morgan fingerprint density at radius 1 is 0.806 bits per heavy atom. The van der Waals surface area contributed by atoms with Crippen molar-refractivity contribution in [3.63, 3.8) is 0 Å². The van der Waals surface area contributed by atoms with Gasteiger partial charge in [-0.05, 0) is 38.1 Å². The van der Waals surface area contributed by atoms with E-state index in [2.05, 4.69) is 20.4 Å². The molecule has 1 aliphatic carbocycles. The monoisotopic (exact) mass is 420 g/mol. The third-order valence-corrected chi connectivity index (χ3v) is 6.45. The molecule has 2 aromatic carbocycles. The molecule has 0 amide bonds. The van der Waals surface area contributed by atoms with E-state index in [1.165, 1.54) is 9.59 Å². The van der Waals surface area contributed by atoms with Gasteiger partial charge in [0.25, 0.3) is 0 Å². The highest BCUT2D eigenvalue weighted by Crippen LogP contribution is 2.46. The third kappa shape index (κ3) is 2.81. The van der Waals surface area contributed by atoms with Crippen LogP contribution in [-0.2, 0) is 5.66 Å². The van der Waals surface area contributed by atoms with E-state index in [1.807, 2.05) is 48.5 Å². The van der Waals surface area contributed by atoms with Crippen molar-refractivity contribution in [3.05, 3.63) is 60.7 Å². The maximum atomic E-state index is 11.3. The van der Waals surface area contributed by atoms with Crippen molar-refractivity contribution in [2.45, 2.75) is 44.2 Å². The first-order chi connectivity index (χ1) is 14.9. The van der Waals surface area contributed by atoms with Gasteiger partial charge in [-0.1, -0.05) is 36.4 Å². The standard InChI is InChI=1S/C22H24N6O3/c1-14(29)21(15(2)30)12-11-20(31)22(13-21,27-23-16-7-3-4-8-17(16)24-27)28-25-18-9-5-6-10-19(18)26-28/h3-12,14-15,20,29-31H,13H2,1-2H3. The summed E-state index contributed by atoms with van der Waals surface area (Å²) in [6.45, 7) is 3.25. The van der Waals surface area contributed by atoms with Crippen LogP contribution in [0.15, 0.2) is 60.7 Å². The predicted molar refractivity (Wildman–Crippen MR) is 114 cm³/mol. The van der Waals surface area contributed by atoms with Crippen molar-refractivity contribution in [2.24, 2.45) is 5.41 Å². The molecule has 0 saturated carbocycles. The highest BCUT2D eigenvalue weighted by molar-refractivity contribution is 5.74. The van der Waals surface area contributed by atoms with E-state index in [-0.39, 0.29) is 6.42 Å². The summed E-state index contributed by atoms with van der Waals surface area (Å²) in [5.41, 5.74) is 0.139. The summed E-state index contributed by atoms with van der Waals surface area (Å²) in [4.78, 5) is 2.84. The van der Waals surface area contributed by atoms with Gasteiger partial charge in [0.15, 0.2) is 0 Å². The fourth-order valence-electron chi connectivity index (χ4n) is 4.49. The number of hydrogen-bond acceptors (Lipinski definition) is 7. The molecule has 0 bridgehead atoms. The zero-order chi connectivity index (χ0) is 21.8. The number of hydrogen-bond donors (Lipinski definition) is 3. The summed E-state index contributed by atoms with van der Waals surface area (Å²) in [7, 11) is 0. The van der Waals surface area contributed by atoms with Crippen LogP contribution in [-0.4, -0.2) is 63.6 Å². The third-order valence-electron chi connectivity index (χ3n) is 6.45. The molecule has 2 aromatic heterocycles. The molecule has 3 unspecified atom stereocenters. The van der Waals surface area contributed by atoms with E-state index in [0.717, 1.165) is 0 Å². The Kier molecular flexibility index (Phi) is 4.44. The number of aromatic nitrogens is 6. The summed E-state index contributed by atoms with van der Waals surface area (Å²) < 4.78 is 0. The summed E-state index contributed by atoms with van der Waals surface area (Å²) in [5, 5.41) is 51.3. The van der Waals surface area contributed by atoms with Crippen LogP contribution in [0.5, 0.6) is 0 Å². The minimum atomic E-state index is -1.40. The normalized spacial score (nSPS) is 25.1. The van der Waals surface area contributed by atoms with Gasteiger partial charge in [-0.25, -0.2) is 0 Å². The van der Waals surface area contributed by atoms with Gasteiger partial charge in [0.2, 0.25) is 5.66 Å². The van der Waals surface area contributed by atoms with E-state index in [4.69, 9.17) is 0 Å². The van der Waals surface area contributed by atoms with Gasteiger partial charge in [-0.2, -0.15) is 30.0 Å². The lowest BCUT2D eigenvalue weighted by Crippen LogP contribution is -2.61. The lowest BCUT2D eigenvalue weighted by Gasteiger charge is -2.48. The van der Waals surface area contributed by atoms with E-state index >= 15 is 0 Å². The molecule has 160 valence electrons. The molecule has 4 aromatic rings. The Labute approximate surface area is 178 Å². The van der Waals surface area contributed by atoms with Crippen molar-refractivity contribution in [1.82, 2.24) is 30.0 Å². The van der Waals surface area contributed by atoms with Crippen molar-refractivity contribution in [2.75, 3.05) is 0 Å². The quantitative estimate of drug-likeness (QED) is 0.427. The molecule has 0 fully saturated rings. The van der Waals surface area contributed by atoms with Gasteiger partial charge >= 0.3 is 0 Å². The van der Waals surface area contributed by atoms with E-state index < -0.39 is 29.4 Å². The van der Waals surface area contributed by atoms with Crippen molar-refractivity contribution in [3.8, 4) is 0 Å². The highest BCUT2D eigenvalue weighted by Gasteiger charge is 2.56. The Bertz CT molecular complexity index is 1130. The average molecular weight is 420 g/mol. The maximum absolute atomic E-state index is 11.3. The zero-order valence-corrected chi connectivity index (χ0v) is 17.2. The number of fused-ring (bicyclic) bond motifs is 2. The molecule has 9 nitrogen and oxygen atoms in total. The number of aliphatic hydroxyl groups excluding tert-OH is 3. The molecule has 1 aliphatic rings. The van der Waals surface area contributed by atoms with Crippen LogP contribution in [0, 0.1) is 5.41 Å². The van der Waals surface area contributed by atoms with Crippen LogP contribution in [0.2, 0.25) is 0 Å². The Morgan fingerprint density at radius 3 is 1.55 bits per heavy atom. The van der Waals surface area contributed by atoms with Gasteiger partial charge < -0.3 is 15.3 Å². The van der Waals surface area contributed by atoms with Crippen LogP contribution >= 0.6 is 0 Å². The second kappa shape index (κ2) is 6.94. The Balaban J connectivity index is 1.81. The van der Waals surface area contributed by atoms with Crippen molar-refractivity contribution >= 4 is 22.1 Å². The fourth-order valence-corrected chi connectivity index (χ4v) is 4.49. The topological polar surface area (TPSA) is 122 Å². The van der Waals surface area contributed by atoms with Crippen LogP contribution in [0.4, 0.5) is 0 Å². The molecule has 2 heterocycles. The van der Waals surface area contributed by atoms with Gasteiger partial charge in [0.05, 0.1) is 12.2 Å². The molecule has 0 aliphatic heterocycles. The molecular formula is C22H24N6O3. The molecule has 0 radical (unpaired) electrons. The fraction of sp³-hybridized carbons (Fsp3) is 0.364. The number of nitrogens with zero attached hydrogens (tertiary/aromatic N) is 6. The van der Waals surface area contributed by atoms with Gasteiger partial charge in [-0.3, -0.25) is 0 Å². The van der Waals surface area contributed by atoms with E-state index in [0.29, 0.717) is 22.1 Å². The van der Waals surface area contributed by atoms with Gasteiger partial charge in [0.1, 0.15) is 28.2 Å². The largest absolute Gasteiger partial charge is 0.392 e. The molecular weight excluding hydrogens is 396 g/mol. The van der Waals surface area contributed by atoms with Gasteiger partial charge in [0, 0.05) is 11.8 Å². The summed E-state index contributed by atoms with van der Waals surface area (Å²) in [5.74, 6) is 0. The average Bonchev–Trinajstić information content (AvgIpc) is 3.38. The summed E-state index contributed by atoms with van der Waals surface area (Å²) in [6, 6.07) is 14.8. The van der Waals surface area contributed by atoms with Crippen LogP contribution < -0.4 is 0 Å². The van der Waals surface area contributed by atoms with Crippen molar-refractivity contribution in [1.29, 1.82) is 0 Å². The maximum Gasteiger partial charge on any atom is 0.222 e. The lowest BCUT2D eigenvalue weighted by molar-refractivity contribution is -0.103. The number of rotatable bonds is 4. The number of benzene rings is 2. The molecule has 5 rings (SSSR count).